The third kappa shape index (κ3) is 7.16. The van der Waals surface area contributed by atoms with Crippen molar-refractivity contribution in [3.05, 3.63) is 0 Å². The predicted molar refractivity (Wildman–Crippen MR) is 105 cm³/mol. The Morgan fingerprint density at radius 2 is 1.13 bits per heavy atom. The second kappa shape index (κ2) is 10.7. The van der Waals surface area contributed by atoms with Crippen LogP contribution in [0.15, 0.2) is 0 Å². The van der Waals surface area contributed by atoms with Crippen LogP contribution in [0, 0.1) is 23.2 Å². The Hall–Kier alpha value is -0.0400. The minimum Gasteiger partial charge on any atom is -0.303 e. The molecule has 1 saturated heterocycles. The first-order valence-electron chi connectivity index (χ1n) is 10.8. The third-order valence-corrected chi connectivity index (χ3v) is 7.00. The summed E-state index contributed by atoms with van der Waals surface area (Å²) in [6, 6.07) is 0. The van der Waals surface area contributed by atoms with Crippen LogP contribution in [0.3, 0.4) is 0 Å². The summed E-state index contributed by atoms with van der Waals surface area (Å²) in [6.45, 7) is 17.7. The van der Waals surface area contributed by atoms with Gasteiger partial charge in [-0.1, -0.05) is 73.6 Å². The van der Waals surface area contributed by atoms with Gasteiger partial charge in [0.1, 0.15) is 0 Å². The molecule has 1 heterocycles. The average Bonchev–Trinajstić information content (AvgIpc) is 3.28. The summed E-state index contributed by atoms with van der Waals surface area (Å²) in [7, 11) is 0. The standard InChI is InChI=1S/C8H16.C7H15N.C7H14/c2*1-3-7-5-8(4-2)6-7;1-3-7(4-2)5-6-7/h7-8H,3-6H2,1-2H3;7H,3-6H2,1-2H3;3-6H2,1-2H3. The normalized spacial score (nSPS) is 28.4. The molecule has 0 bridgehead atoms. The molecule has 3 aliphatic rings. The molecule has 0 aromatic heterocycles. The second-order valence-corrected chi connectivity index (χ2v) is 8.35. The van der Waals surface area contributed by atoms with Gasteiger partial charge in [0.05, 0.1) is 0 Å². The summed E-state index contributed by atoms with van der Waals surface area (Å²) < 4.78 is 0. The molecule has 0 N–H and O–H groups in total. The largest absolute Gasteiger partial charge is 0.303 e. The molecular weight excluding hydrogens is 278 g/mol. The SMILES string of the molecule is CCC1(CC)CC1.CCC1CC(CC)C1.CCC1CN(CC)C1. The highest BCUT2D eigenvalue weighted by Gasteiger charge is 2.38. The fraction of sp³-hybridized carbons (Fsp3) is 1.00. The van der Waals surface area contributed by atoms with Crippen LogP contribution in [0.1, 0.15) is 99.3 Å². The predicted octanol–water partition coefficient (Wildman–Crippen LogP) is 6.77. The summed E-state index contributed by atoms with van der Waals surface area (Å²) in [5.74, 6) is 3.22. The van der Waals surface area contributed by atoms with Crippen molar-refractivity contribution in [1.82, 2.24) is 4.90 Å². The first kappa shape index (κ1) is 21.0. The van der Waals surface area contributed by atoms with Gasteiger partial charge < -0.3 is 4.90 Å². The Balaban J connectivity index is 0.000000173. The minimum absolute atomic E-state index is 0.833. The zero-order valence-corrected chi connectivity index (χ0v) is 17.2. The van der Waals surface area contributed by atoms with E-state index in [4.69, 9.17) is 0 Å². The van der Waals surface area contributed by atoms with Gasteiger partial charge in [-0.2, -0.15) is 0 Å². The minimum atomic E-state index is 0.833. The van der Waals surface area contributed by atoms with Crippen molar-refractivity contribution < 1.29 is 0 Å². The lowest BCUT2D eigenvalue weighted by Gasteiger charge is -2.37. The van der Waals surface area contributed by atoms with Gasteiger partial charge in [0.25, 0.3) is 0 Å². The van der Waals surface area contributed by atoms with E-state index >= 15 is 0 Å². The van der Waals surface area contributed by atoms with E-state index in [0.29, 0.717) is 0 Å². The van der Waals surface area contributed by atoms with Crippen molar-refractivity contribution in [1.29, 1.82) is 0 Å². The van der Waals surface area contributed by atoms with Gasteiger partial charge in [-0.25, -0.2) is 0 Å². The lowest BCUT2D eigenvalue weighted by molar-refractivity contribution is 0.105. The molecule has 0 amide bonds. The fourth-order valence-corrected chi connectivity index (χ4v) is 3.87. The van der Waals surface area contributed by atoms with Crippen molar-refractivity contribution >= 4 is 0 Å². The van der Waals surface area contributed by atoms with Gasteiger partial charge in [-0.15, -0.1) is 0 Å². The molecule has 3 rings (SSSR count). The topological polar surface area (TPSA) is 3.24 Å². The molecule has 3 fully saturated rings. The lowest BCUT2D eigenvalue weighted by Crippen LogP contribution is -2.45. The van der Waals surface area contributed by atoms with E-state index < -0.39 is 0 Å². The van der Waals surface area contributed by atoms with Crippen molar-refractivity contribution in [2.24, 2.45) is 23.2 Å². The van der Waals surface area contributed by atoms with E-state index in [2.05, 4.69) is 46.4 Å². The molecule has 138 valence electrons. The molecule has 1 aliphatic heterocycles. The van der Waals surface area contributed by atoms with Gasteiger partial charge in [0.2, 0.25) is 0 Å². The van der Waals surface area contributed by atoms with E-state index in [1.54, 1.807) is 0 Å². The molecule has 23 heavy (non-hydrogen) atoms. The second-order valence-electron chi connectivity index (χ2n) is 8.35. The highest BCUT2D eigenvalue weighted by atomic mass is 15.2. The zero-order valence-electron chi connectivity index (χ0n) is 17.2. The van der Waals surface area contributed by atoms with Gasteiger partial charge in [0, 0.05) is 13.1 Å². The lowest BCUT2D eigenvalue weighted by atomic mass is 9.72. The first-order chi connectivity index (χ1) is 11.1. The van der Waals surface area contributed by atoms with Gasteiger partial charge in [0.15, 0.2) is 0 Å². The van der Waals surface area contributed by atoms with Gasteiger partial charge in [-0.3, -0.25) is 0 Å². The molecule has 0 aromatic carbocycles. The molecule has 1 nitrogen and oxygen atoms in total. The Bertz CT molecular complexity index is 240. The van der Waals surface area contributed by atoms with Crippen molar-refractivity contribution in [3.63, 3.8) is 0 Å². The van der Waals surface area contributed by atoms with E-state index in [-0.39, 0.29) is 0 Å². The Kier molecular flexibility index (Phi) is 9.82. The molecule has 1 heteroatoms. The summed E-state index contributed by atoms with van der Waals surface area (Å²) >= 11 is 0. The highest BCUT2D eigenvalue weighted by Crippen LogP contribution is 2.51. The smallest absolute Gasteiger partial charge is 0.00218 e. The van der Waals surface area contributed by atoms with Crippen LogP contribution in [0.4, 0.5) is 0 Å². The van der Waals surface area contributed by atoms with Crippen LogP contribution in [-0.4, -0.2) is 24.5 Å². The van der Waals surface area contributed by atoms with Crippen molar-refractivity contribution in [2.45, 2.75) is 99.3 Å². The van der Waals surface area contributed by atoms with Crippen LogP contribution in [-0.2, 0) is 0 Å². The van der Waals surface area contributed by atoms with E-state index in [9.17, 15) is 0 Å². The maximum atomic E-state index is 2.48. The molecule has 0 atom stereocenters. The number of hydrogen-bond acceptors (Lipinski definition) is 1. The summed E-state index contributed by atoms with van der Waals surface area (Å²) in [6.07, 6.45) is 13.1. The summed E-state index contributed by atoms with van der Waals surface area (Å²) in [5, 5.41) is 0. The maximum Gasteiger partial charge on any atom is 0.00218 e. The Morgan fingerprint density at radius 3 is 1.35 bits per heavy atom. The van der Waals surface area contributed by atoms with Crippen molar-refractivity contribution in [3.8, 4) is 0 Å². The number of likely N-dealkylation sites (tertiary alicyclic amines) is 1. The van der Waals surface area contributed by atoms with Crippen molar-refractivity contribution in [2.75, 3.05) is 19.6 Å². The van der Waals surface area contributed by atoms with Crippen LogP contribution in [0.5, 0.6) is 0 Å². The van der Waals surface area contributed by atoms with Crippen LogP contribution >= 0.6 is 0 Å². The molecule has 0 radical (unpaired) electrons. The average molecular weight is 324 g/mol. The summed E-state index contributed by atoms with van der Waals surface area (Å²) in [5.41, 5.74) is 0.833. The molecule has 0 aromatic rings. The number of nitrogens with zero attached hydrogens (tertiary/aromatic N) is 1. The van der Waals surface area contributed by atoms with Crippen LogP contribution < -0.4 is 0 Å². The monoisotopic (exact) mass is 323 g/mol. The first-order valence-corrected chi connectivity index (χ1v) is 10.8. The van der Waals surface area contributed by atoms with Crippen LogP contribution in [0.2, 0.25) is 0 Å². The van der Waals surface area contributed by atoms with Gasteiger partial charge in [-0.05, 0) is 55.4 Å². The maximum absolute atomic E-state index is 2.48. The number of rotatable bonds is 6. The van der Waals surface area contributed by atoms with Crippen LogP contribution in [0.25, 0.3) is 0 Å². The highest BCUT2D eigenvalue weighted by molar-refractivity contribution is 4.89. The summed E-state index contributed by atoms with van der Waals surface area (Å²) in [4.78, 5) is 2.48. The number of hydrogen-bond donors (Lipinski definition) is 0. The fourth-order valence-electron chi connectivity index (χ4n) is 3.87. The quantitative estimate of drug-likeness (QED) is 0.521. The van der Waals surface area contributed by atoms with E-state index in [1.807, 2.05) is 0 Å². The van der Waals surface area contributed by atoms with E-state index in [0.717, 1.165) is 23.2 Å². The molecular formula is C22H45N. The third-order valence-electron chi connectivity index (χ3n) is 7.00. The zero-order chi connectivity index (χ0) is 17.3. The Morgan fingerprint density at radius 1 is 0.696 bits per heavy atom. The Labute approximate surface area is 147 Å². The molecule has 0 unspecified atom stereocenters. The molecule has 2 aliphatic carbocycles. The molecule has 0 spiro atoms. The van der Waals surface area contributed by atoms with Gasteiger partial charge >= 0.3 is 0 Å². The molecule has 2 saturated carbocycles. The van der Waals surface area contributed by atoms with E-state index in [1.165, 1.54) is 77.4 Å².